The molecule has 1 heterocycles. The highest BCUT2D eigenvalue weighted by Gasteiger charge is 2.58. The molecule has 0 saturated heterocycles. The van der Waals surface area contributed by atoms with Gasteiger partial charge in [-0.25, -0.2) is 0 Å². The second-order valence-electron chi connectivity index (χ2n) is 7.03. The van der Waals surface area contributed by atoms with Gasteiger partial charge >= 0.3 is 0 Å². The molecule has 1 atom stereocenters. The van der Waals surface area contributed by atoms with E-state index in [-0.39, 0.29) is 11.4 Å². The van der Waals surface area contributed by atoms with Crippen molar-refractivity contribution in [2.75, 3.05) is 7.11 Å². The zero-order valence-electron chi connectivity index (χ0n) is 13.5. The minimum atomic E-state index is -0.797. The van der Waals surface area contributed by atoms with E-state index < -0.39 is 5.72 Å². The van der Waals surface area contributed by atoms with Gasteiger partial charge in [0.05, 0.1) is 3.58 Å². The monoisotopic (exact) mass is 411 g/mol. The molecule has 0 aromatic heterocycles. The molecule has 1 fully saturated rings. The lowest BCUT2D eigenvalue weighted by Crippen LogP contribution is -2.55. The van der Waals surface area contributed by atoms with Crippen LogP contribution in [0.25, 0.3) is 0 Å². The number of ether oxygens (including phenoxy) is 1. The predicted molar refractivity (Wildman–Crippen MR) is 95.5 cm³/mol. The van der Waals surface area contributed by atoms with Crippen LogP contribution in [0, 0.1) is 5.92 Å². The fourth-order valence-corrected chi connectivity index (χ4v) is 4.80. The highest BCUT2D eigenvalue weighted by molar-refractivity contribution is 14.1. The summed E-state index contributed by atoms with van der Waals surface area (Å²) in [6, 6.07) is 10.1. The van der Waals surface area contributed by atoms with Crippen LogP contribution in [0.4, 0.5) is 0 Å². The summed E-state index contributed by atoms with van der Waals surface area (Å²) in [5.41, 5.74) is 0.854. The lowest BCUT2D eigenvalue weighted by Gasteiger charge is -2.46. The van der Waals surface area contributed by atoms with Crippen molar-refractivity contribution in [3.05, 3.63) is 45.0 Å². The molecule has 1 aromatic rings. The van der Waals surface area contributed by atoms with Gasteiger partial charge in [0.15, 0.2) is 0 Å². The Hall–Kier alpha value is -0.880. The van der Waals surface area contributed by atoms with E-state index >= 15 is 0 Å². The van der Waals surface area contributed by atoms with Gasteiger partial charge in [0, 0.05) is 23.8 Å². The number of halogens is 1. The normalized spacial score (nSPS) is 26.0. The molecule has 3 rings (SSSR count). The molecule has 3 nitrogen and oxygen atoms in total. The van der Waals surface area contributed by atoms with Crippen molar-refractivity contribution in [3.8, 4) is 0 Å². The van der Waals surface area contributed by atoms with Crippen LogP contribution in [0.2, 0.25) is 0 Å². The Morgan fingerprint density at radius 1 is 1.23 bits per heavy atom. The summed E-state index contributed by atoms with van der Waals surface area (Å²) in [7, 11) is 1.70. The number of hydrogen-bond donors (Lipinski definition) is 0. The Bertz CT molecular complexity index is 628. The molecule has 1 amide bonds. The smallest absolute Gasteiger partial charge is 0.254 e. The maximum Gasteiger partial charge on any atom is 0.254 e. The number of rotatable bonds is 3. The van der Waals surface area contributed by atoms with Crippen molar-refractivity contribution in [2.45, 2.75) is 44.9 Å². The van der Waals surface area contributed by atoms with E-state index in [9.17, 15) is 4.79 Å². The zero-order chi connectivity index (χ0) is 16.1. The van der Waals surface area contributed by atoms with Gasteiger partial charge in [-0.2, -0.15) is 0 Å². The van der Waals surface area contributed by atoms with Gasteiger partial charge in [-0.15, -0.1) is 0 Å². The van der Waals surface area contributed by atoms with Crippen molar-refractivity contribution in [3.63, 3.8) is 0 Å². The first-order chi connectivity index (χ1) is 10.3. The van der Waals surface area contributed by atoms with Crippen LogP contribution in [-0.4, -0.2) is 23.5 Å². The van der Waals surface area contributed by atoms with Crippen molar-refractivity contribution in [1.82, 2.24) is 4.90 Å². The molecule has 1 saturated carbocycles. The summed E-state index contributed by atoms with van der Waals surface area (Å²) in [5, 5.41) is 0. The molecular weight excluding hydrogens is 389 g/mol. The van der Waals surface area contributed by atoms with Crippen LogP contribution in [-0.2, 0) is 15.3 Å². The van der Waals surface area contributed by atoms with Crippen LogP contribution in [0.15, 0.2) is 39.5 Å². The van der Waals surface area contributed by atoms with Gasteiger partial charge in [-0.1, -0.05) is 30.3 Å². The Morgan fingerprint density at radius 2 is 1.82 bits per heavy atom. The summed E-state index contributed by atoms with van der Waals surface area (Å²) in [6.07, 6.45) is 2.22. The summed E-state index contributed by atoms with van der Waals surface area (Å²) in [4.78, 5) is 15.1. The molecule has 1 unspecified atom stereocenters. The molecule has 1 aliphatic carbocycles. The number of methoxy groups -OCH3 is 1. The zero-order valence-corrected chi connectivity index (χ0v) is 15.7. The molecule has 0 bridgehead atoms. The summed E-state index contributed by atoms with van der Waals surface area (Å²) in [6.45, 7) is 6.21. The lowest BCUT2D eigenvalue weighted by molar-refractivity contribution is -0.164. The molecule has 4 heteroatoms. The average Bonchev–Trinajstić information content (AvgIpc) is 3.25. The summed E-state index contributed by atoms with van der Waals surface area (Å²) >= 11 is 2.33. The van der Waals surface area contributed by atoms with E-state index in [1.54, 1.807) is 7.11 Å². The minimum Gasteiger partial charge on any atom is -0.350 e. The molecule has 22 heavy (non-hydrogen) atoms. The number of amides is 1. The van der Waals surface area contributed by atoms with Crippen LogP contribution >= 0.6 is 22.6 Å². The maximum atomic E-state index is 13.2. The van der Waals surface area contributed by atoms with E-state index in [0.29, 0.717) is 5.92 Å². The second kappa shape index (κ2) is 5.34. The van der Waals surface area contributed by atoms with Crippen LogP contribution in [0.3, 0.4) is 0 Å². The van der Waals surface area contributed by atoms with E-state index in [1.807, 2.05) is 35.2 Å². The number of carbonyl (C=O) groups excluding carboxylic acids is 1. The average molecular weight is 411 g/mol. The Labute approximate surface area is 145 Å². The predicted octanol–water partition coefficient (Wildman–Crippen LogP) is 4.23. The molecule has 118 valence electrons. The van der Waals surface area contributed by atoms with Gasteiger partial charge in [0.1, 0.15) is 0 Å². The molecular formula is C18H22INO2. The topological polar surface area (TPSA) is 29.5 Å². The third-order valence-electron chi connectivity index (χ3n) is 4.40. The van der Waals surface area contributed by atoms with Crippen molar-refractivity contribution in [2.24, 2.45) is 5.92 Å². The molecule has 0 spiro atoms. The van der Waals surface area contributed by atoms with Gasteiger partial charge in [-0.05, 0) is 62.1 Å². The molecule has 0 radical (unpaired) electrons. The maximum absolute atomic E-state index is 13.2. The first-order valence-corrected chi connectivity index (χ1v) is 8.77. The second-order valence-corrected chi connectivity index (χ2v) is 8.11. The summed E-state index contributed by atoms with van der Waals surface area (Å²) < 4.78 is 7.08. The lowest BCUT2D eigenvalue weighted by atomic mass is 9.96. The van der Waals surface area contributed by atoms with Crippen molar-refractivity contribution in [1.29, 1.82) is 0 Å². The number of hydrogen-bond acceptors (Lipinski definition) is 2. The van der Waals surface area contributed by atoms with E-state index in [2.05, 4.69) is 43.4 Å². The van der Waals surface area contributed by atoms with Gasteiger partial charge in [0.2, 0.25) is 5.72 Å². The van der Waals surface area contributed by atoms with Crippen molar-refractivity contribution >= 4 is 28.5 Å². The SMILES string of the molecule is COC1(c2ccccc2)C(I)=C(C2CC2)C(=O)N1C(C)(C)C. The Morgan fingerprint density at radius 3 is 2.27 bits per heavy atom. The first-order valence-electron chi connectivity index (χ1n) is 7.69. The molecule has 1 aliphatic heterocycles. The van der Waals surface area contributed by atoms with E-state index in [1.165, 1.54) is 0 Å². The standard InChI is InChI=1S/C18H22INO2/c1-17(2,3)20-16(21)14(12-10-11-12)15(19)18(20,22-4)13-8-6-5-7-9-13/h5-9,12H,10-11H2,1-4H3. The Balaban J connectivity index is 2.25. The third-order valence-corrected chi connectivity index (χ3v) is 5.71. The van der Waals surface area contributed by atoms with E-state index in [0.717, 1.165) is 27.6 Å². The highest BCUT2D eigenvalue weighted by atomic mass is 127. The van der Waals surface area contributed by atoms with E-state index in [4.69, 9.17) is 4.74 Å². The number of nitrogens with zero attached hydrogens (tertiary/aromatic N) is 1. The quantitative estimate of drug-likeness (QED) is 0.697. The van der Waals surface area contributed by atoms with Crippen molar-refractivity contribution < 1.29 is 9.53 Å². The van der Waals surface area contributed by atoms with Crippen LogP contribution < -0.4 is 0 Å². The fourth-order valence-electron chi connectivity index (χ4n) is 3.36. The van der Waals surface area contributed by atoms with Gasteiger partial charge < -0.3 is 4.74 Å². The fraction of sp³-hybridized carbons (Fsp3) is 0.500. The number of carbonyl (C=O) groups is 1. The molecule has 2 aliphatic rings. The molecule has 0 N–H and O–H groups in total. The third kappa shape index (κ3) is 2.22. The van der Waals surface area contributed by atoms with Crippen LogP contribution in [0.5, 0.6) is 0 Å². The largest absolute Gasteiger partial charge is 0.350 e. The van der Waals surface area contributed by atoms with Crippen LogP contribution in [0.1, 0.15) is 39.2 Å². The number of benzene rings is 1. The first kappa shape index (κ1) is 16.0. The highest BCUT2D eigenvalue weighted by Crippen LogP contribution is 2.55. The Kier molecular flexibility index (Phi) is 3.88. The summed E-state index contributed by atoms with van der Waals surface area (Å²) in [5.74, 6) is 0.537. The minimum absolute atomic E-state index is 0.130. The van der Waals surface area contributed by atoms with Gasteiger partial charge in [-0.3, -0.25) is 9.69 Å². The van der Waals surface area contributed by atoms with Gasteiger partial charge in [0.25, 0.3) is 5.91 Å². The molecule has 1 aromatic carbocycles.